The van der Waals surface area contributed by atoms with Gasteiger partial charge in [0.15, 0.2) is 5.69 Å². The fourth-order valence-electron chi connectivity index (χ4n) is 4.14. The SMILES string of the molecule is Cc1c(C(=O)NC2CCC(C)CC2)nn(-c2ccc(Cl)cc2Cl)c1-c1ccc(Cl)cc1. The zero-order valence-electron chi connectivity index (χ0n) is 17.5. The molecule has 31 heavy (non-hydrogen) atoms. The van der Waals surface area contributed by atoms with Crippen LogP contribution in [0.25, 0.3) is 16.9 Å². The van der Waals surface area contributed by atoms with E-state index in [1.54, 1.807) is 22.9 Å². The zero-order valence-corrected chi connectivity index (χ0v) is 19.7. The molecule has 1 aliphatic rings. The molecule has 1 amide bonds. The van der Waals surface area contributed by atoms with Crippen LogP contribution in [0.5, 0.6) is 0 Å². The summed E-state index contributed by atoms with van der Waals surface area (Å²) in [5, 5.41) is 9.51. The minimum Gasteiger partial charge on any atom is -0.348 e. The summed E-state index contributed by atoms with van der Waals surface area (Å²) >= 11 is 18.7. The van der Waals surface area contributed by atoms with Crippen LogP contribution in [-0.4, -0.2) is 21.7 Å². The summed E-state index contributed by atoms with van der Waals surface area (Å²) in [4.78, 5) is 13.2. The second-order valence-corrected chi connectivity index (χ2v) is 9.55. The zero-order chi connectivity index (χ0) is 22.1. The normalized spacial score (nSPS) is 18.7. The van der Waals surface area contributed by atoms with E-state index in [2.05, 4.69) is 12.2 Å². The van der Waals surface area contributed by atoms with Crippen LogP contribution in [0.1, 0.15) is 48.7 Å². The van der Waals surface area contributed by atoms with E-state index in [1.807, 2.05) is 31.2 Å². The first-order valence-electron chi connectivity index (χ1n) is 10.5. The molecule has 1 fully saturated rings. The van der Waals surface area contributed by atoms with E-state index >= 15 is 0 Å². The molecule has 0 unspecified atom stereocenters. The van der Waals surface area contributed by atoms with E-state index in [0.29, 0.717) is 26.4 Å². The molecule has 0 spiro atoms. The number of hydrogen-bond donors (Lipinski definition) is 1. The van der Waals surface area contributed by atoms with Gasteiger partial charge in [0.1, 0.15) is 0 Å². The van der Waals surface area contributed by atoms with Gasteiger partial charge in [0, 0.05) is 27.2 Å². The number of halogens is 3. The van der Waals surface area contributed by atoms with Gasteiger partial charge in [-0.2, -0.15) is 5.10 Å². The molecule has 0 atom stereocenters. The van der Waals surface area contributed by atoms with Crippen molar-refractivity contribution in [3.63, 3.8) is 0 Å². The van der Waals surface area contributed by atoms with Crippen molar-refractivity contribution in [3.05, 3.63) is 68.8 Å². The minimum atomic E-state index is -0.156. The van der Waals surface area contributed by atoms with Gasteiger partial charge < -0.3 is 5.32 Å². The largest absolute Gasteiger partial charge is 0.348 e. The van der Waals surface area contributed by atoms with Gasteiger partial charge in [-0.3, -0.25) is 4.79 Å². The van der Waals surface area contributed by atoms with E-state index in [-0.39, 0.29) is 11.9 Å². The van der Waals surface area contributed by atoms with Gasteiger partial charge in [-0.05, 0) is 68.9 Å². The number of rotatable bonds is 4. The maximum absolute atomic E-state index is 13.2. The molecule has 1 N–H and O–H groups in total. The second kappa shape index (κ2) is 9.23. The smallest absolute Gasteiger partial charge is 0.272 e. The summed E-state index contributed by atoms with van der Waals surface area (Å²) in [6.45, 7) is 4.17. The third-order valence-corrected chi connectivity index (χ3v) is 6.73. The van der Waals surface area contributed by atoms with Crippen LogP contribution in [0.4, 0.5) is 0 Å². The number of amides is 1. The molecule has 1 aliphatic carbocycles. The molecule has 0 aliphatic heterocycles. The monoisotopic (exact) mass is 475 g/mol. The number of benzene rings is 2. The van der Waals surface area contributed by atoms with Crippen LogP contribution in [0, 0.1) is 12.8 Å². The van der Waals surface area contributed by atoms with Crippen molar-refractivity contribution < 1.29 is 4.79 Å². The van der Waals surface area contributed by atoms with E-state index in [9.17, 15) is 4.79 Å². The Hall–Kier alpha value is -2.01. The Bertz CT molecular complexity index is 1100. The highest BCUT2D eigenvalue weighted by Gasteiger charge is 2.26. The first-order chi connectivity index (χ1) is 14.8. The molecule has 3 aromatic rings. The highest BCUT2D eigenvalue weighted by Crippen LogP contribution is 2.33. The van der Waals surface area contributed by atoms with Gasteiger partial charge in [0.25, 0.3) is 5.91 Å². The van der Waals surface area contributed by atoms with Crippen LogP contribution in [0.3, 0.4) is 0 Å². The number of nitrogens with zero attached hydrogens (tertiary/aromatic N) is 2. The van der Waals surface area contributed by atoms with Crippen molar-refractivity contribution >= 4 is 40.7 Å². The fraction of sp³-hybridized carbons (Fsp3) is 0.333. The highest BCUT2D eigenvalue weighted by molar-refractivity contribution is 6.35. The maximum atomic E-state index is 13.2. The van der Waals surface area contributed by atoms with Gasteiger partial charge in [-0.1, -0.05) is 53.9 Å². The van der Waals surface area contributed by atoms with Crippen molar-refractivity contribution in [2.75, 3.05) is 0 Å². The molecule has 0 radical (unpaired) electrons. The summed E-state index contributed by atoms with van der Waals surface area (Å²) in [7, 11) is 0. The van der Waals surface area contributed by atoms with Crippen LogP contribution < -0.4 is 5.32 Å². The molecular formula is C24H24Cl3N3O. The molecule has 0 bridgehead atoms. The Labute approximate surface area is 197 Å². The summed E-state index contributed by atoms with van der Waals surface area (Å²) < 4.78 is 1.72. The average molecular weight is 477 g/mol. The predicted octanol–water partition coefficient (Wildman–Crippen LogP) is 7.12. The number of aromatic nitrogens is 2. The predicted molar refractivity (Wildman–Crippen MR) is 128 cm³/mol. The third-order valence-electron chi connectivity index (χ3n) is 5.94. The van der Waals surface area contributed by atoms with Crippen LogP contribution in [-0.2, 0) is 0 Å². The Morgan fingerprint density at radius 1 is 1.00 bits per heavy atom. The van der Waals surface area contributed by atoms with Gasteiger partial charge in [0.05, 0.1) is 16.4 Å². The number of carbonyl (C=O) groups excluding carboxylic acids is 1. The summed E-state index contributed by atoms with van der Waals surface area (Å²) in [6, 6.07) is 12.9. The lowest BCUT2D eigenvalue weighted by atomic mass is 9.87. The van der Waals surface area contributed by atoms with Crippen molar-refractivity contribution in [1.29, 1.82) is 0 Å². The van der Waals surface area contributed by atoms with Crippen LogP contribution in [0.2, 0.25) is 15.1 Å². The van der Waals surface area contributed by atoms with Crippen molar-refractivity contribution in [1.82, 2.24) is 15.1 Å². The molecule has 1 saturated carbocycles. The van der Waals surface area contributed by atoms with Gasteiger partial charge in [0.2, 0.25) is 0 Å². The van der Waals surface area contributed by atoms with Gasteiger partial charge in [-0.15, -0.1) is 0 Å². The Morgan fingerprint density at radius 2 is 1.65 bits per heavy atom. The minimum absolute atomic E-state index is 0.156. The molecule has 162 valence electrons. The van der Waals surface area contributed by atoms with Gasteiger partial charge >= 0.3 is 0 Å². The van der Waals surface area contributed by atoms with Crippen LogP contribution in [0.15, 0.2) is 42.5 Å². The third kappa shape index (κ3) is 4.77. The topological polar surface area (TPSA) is 46.9 Å². The number of hydrogen-bond acceptors (Lipinski definition) is 2. The van der Waals surface area contributed by atoms with Crippen molar-refractivity contribution in [2.45, 2.75) is 45.6 Å². The number of carbonyl (C=O) groups is 1. The first kappa shape index (κ1) is 22.2. The van der Waals surface area contributed by atoms with E-state index in [4.69, 9.17) is 39.9 Å². The quantitative estimate of drug-likeness (QED) is 0.436. The van der Waals surface area contributed by atoms with E-state index < -0.39 is 0 Å². The lowest BCUT2D eigenvalue weighted by molar-refractivity contribution is 0.0917. The van der Waals surface area contributed by atoms with E-state index in [1.165, 1.54) is 0 Å². The Balaban J connectivity index is 1.76. The standard InChI is InChI=1S/C24H24Cl3N3O/c1-14-3-10-19(11-4-14)28-24(31)22-15(2)23(16-5-7-17(25)8-6-16)30(29-22)21-12-9-18(26)13-20(21)27/h5-9,12-14,19H,3-4,10-11H2,1-2H3,(H,28,31). The molecule has 1 aromatic heterocycles. The maximum Gasteiger partial charge on any atom is 0.272 e. The molecular weight excluding hydrogens is 453 g/mol. The number of nitrogens with one attached hydrogen (secondary N) is 1. The van der Waals surface area contributed by atoms with Crippen LogP contribution >= 0.6 is 34.8 Å². The average Bonchev–Trinajstić information content (AvgIpc) is 3.07. The molecule has 4 rings (SSSR count). The molecule has 2 aromatic carbocycles. The first-order valence-corrected chi connectivity index (χ1v) is 11.6. The second-order valence-electron chi connectivity index (χ2n) is 8.27. The highest BCUT2D eigenvalue weighted by atomic mass is 35.5. The summed E-state index contributed by atoms with van der Waals surface area (Å²) in [6.07, 6.45) is 4.27. The van der Waals surface area contributed by atoms with Crippen molar-refractivity contribution in [2.24, 2.45) is 5.92 Å². The molecule has 7 heteroatoms. The van der Waals surface area contributed by atoms with Crippen molar-refractivity contribution in [3.8, 4) is 16.9 Å². The lowest BCUT2D eigenvalue weighted by Gasteiger charge is -2.26. The molecule has 0 saturated heterocycles. The van der Waals surface area contributed by atoms with E-state index in [0.717, 1.165) is 48.4 Å². The summed E-state index contributed by atoms with van der Waals surface area (Å²) in [5.74, 6) is 0.564. The Kier molecular flexibility index (Phi) is 6.61. The Morgan fingerprint density at radius 3 is 2.29 bits per heavy atom. The molecule has 4 nitrogen and oxygen atoms in total. The fourth-order valence-corrected chi connectivity index (χ4v) is 4.76. The van der Waals surface area contributed by atoms with Gasteiger partial charge in [-0.25, -0.2) is 4.68 Å². The summed E-state index contributed by atoms with van der Waals surface area (Å²) in [5.41, 5.74) is 3.53. The molecule has 1 heterocycles. The lowest BCUT2D eigenvalue weighted by Crippen LogP contribution is -2.37.